The molecule has 1 fully saturated rings. The van der Waals surface area contributed by atoms with Crippen LogP contribution < -0.4 is 9.47 Å². The molecule has 0 aromatic heterocycles. The summed E-state index contributed by atoms with van der Waals surface area (Å²) in [5.41, 5.74) is 1.25. The van der Waals surface area contributed by atoms with E-state index in [2.05, 4.69) is 46.8 Å². The van der Waals surface area contributed by atoms with Crippen molar-refractivity contribution in [3.05, 3.63) is 23.8 Å². The first-order valence-corrected chi connectivity index (χ1v) is 11.8. The fourth-order valence-corrected chi connectivity index (χ4v) is 4.39. The lowest BCUT2D eigenvalue weighted by molar-refractivity contribution is -0.146. The summed E-state index contributed by atoms with van der Waals surface area (Å²) < 4.78 is 22.3. The van der Waals surface area contributed by atoms with Gasteiger partial charge in [-0.25, -0.2) is 0 Å². The van der Waals surface area contributed by atoms with Crippen LogP contribution in [0.3, 0.4) is 0 Å². The lowest BCUT2D eigenvalue weighted by Gasteiger charge is -2.27. The number of rotatable bonds is 13. The largest absolute Gasteiger partial charge is 0.493 e. The van der Waals surface area contributed by atoms with Crippen molar-refractivity contribution in [3.63, 3.8) is 0 Å². The molecule has 31 heavy (non-hydrogen) atoms. The van der Waals surface area contributed by atoms with Crippen LogP contribution in [0.25, 0.3) is 0 Å². The first-order chi connectivity index (χ1) is 14.8. The second kappa shape index (κ2) is 12.3. The van der Waals surface area contributed by atoms with Crippen molar-refractivity contribution in [1.29, 1.82) is 0 Å². The summed E-state index contributed by atoms with van der Waals surface area (Å²) in [6.45, 7) is 12.3. The van der Waals surface area contributed by atoms with Crippen LogP contribution in [-0.2, 0) is 20.7 Å². The maximum atomic E-state index is 12.2. The van der Waals surface area contributed by atoms with Crippen molar-refractivity contribution in [2.24, 2.45) is 29.6 Å². The smallest absolute Gasteiger partial charge is 0.309 e. The normalized spacial score (nSPS) is 20.7. The van der Waals surface area contributed by atoms with E-state index in [1.54, 1.807) is 14.2 Å². The Morgan fingerprint density at radius 3 is 2.39 bits per heavy atom. The molecule has 0 amide bonds. The Bertz CT molecular complexity index is 684. The zero-order chi connectivity index (χ0) is 23.0. The Hall–Kier alpha value is -1.75. The average molecular weight is 435 g/mol. The van der Waals surface area contributed by atoms with E-state index in [1.165, 1.54) is 5.56 Å². The summed E-state index contributed by atoms with van der Waals surface area (Å²) in [6.07, 6.45) is 3.74. The average Bonchev–Trinajstić information content (AvgIpc) is 3.13. The predicted octanol–water partition coefficient (Wildman–Crippen LogP) is 5.54. The monoisotopic (exact) mass is 434 g/mol. The molecule has 4 atom stereocenters. The van der Waals surface area contributed by atoms with Gasteiger partial charge < -0.3 is 18.9 Å². The minimum atomic E-state index is -0.0154. The molecule has 0 saturated carbocycles. The molecule has 5 heteroatoms. The highest BCUT2D eigenvalue weighted by Gasteiger charge is 2.39. The molecule has 0 spiro atoms. The summed E-state index contributed by atoms with van der Waals surface area (Å²) in [7, 11) is 3.37. The fourth-order valence-electron chi connectivity index (χ4n) is 4.39. The molecular weight excluding hydrogens is 392 g/mol. The third kappa shape index (κ3) is 7.41. The summed E-state index contributed by atoms with van der Waals surface area (Å²) in [4.78, 5) is 12.2. The number of carbonyl (C=O) groups excluding carboxylic acids is 1. The third-order valence-corrected chi connectivity index (χ3v) is 6.59. The van der Waals surface area contributed by atoms with Gasteiger partial charge in [0.1, 0.15) is 6.10 Å². The summed E-state index contributed by atoms with van der Waals surface area (Å²) in [5.74, 6) is 3.30. The van der Waals surface area contributed by atoms with Crippen LogP contribution in [0, 0.1) is 29.6 Å². The van der Waals surface area contributed by atoms with E-state index in [0.29, 0.717) is 36.9 Å². The van der Waals surface area contributed by atoms with Gasteiger partial charge >= 0.3 is 5.97 Å². The molecule has 0 aliphatic carbocycles. The van der Waals surface area contributed by atoms with Gasteiger partial charge in [-0.3, -0.25) is 4.79 Å². The van der Waals surface area contributed by atoms with Crippen molar-refractivity contribution >= 4 is 5.97 Å². The second-order valence-electron chi connectivity index (χ2n) is 9.66. The van der Waals surface area contributed by atoms with E-state index in [0.717, 1.165) is 37.2 Å². The molecule has 1 heterocycles. The topological polar surface area (TPSA) is 54.0 Å². The number of cyclic esters (lactones) is 1. The van der Waals surface area contributed by atoms with Gasteiger partial charge in [0.05, 0.1) is 19.6 Å². The number of hydrogen-bond donors (Lipinski definition) is 0. The van der Waals surface area contributed by atoms with Crippen LogP contribution in [0.5, 0.6) is 11.5 Å². The molecule has 0 radical (unpaired) electrons. The Morgan fingerprint density at radius 2 is 1.81 bits per heavy atom. The highest BCUT2D eigenvalue weighted by molar-refractivity contribution is 5.74. The minimum Gasteiger partial charge on any atom is -0.493 e. The number of esters is 1. The number of methoxy groups -OCH3 is 2. The van der Waals surface area contributed by atoms with E-state index in [-0.39, 0.29) is 18.0 Å². The molecule has 0 bridgehead atoms. The zero-order valence-electron chi connectivity index (χ0n) is 20.5. The van der Waals surface area contributed by atoms with Crippen molar-refractivity contribution in [2.75, 3.05) is 27.4 Å². The van der Waals surface area contributed by atoms with Crippen LogP contribution >= 0.6 is 0 Å². The molecule has 1 aliphatic heterocycles. The number of ether oxygens (including phenoxy) is 4. The van der Waals surface area contributed by atoms with Crippen molar-refractivity contribution in [2.45, 2.75) is 66.4 Å². The quantitative estimate of drug-likeness (QED) is 0.301. The Labute approximate surface area is 188 Å². The lowest BCUT2D eigenvalue weighted by Crippen LogP contribution is -2.24. The number of carbonyl (C=O) groups is 1. The van der Waals surface area contributed by atoms with Crippen LogP contribution in [-0.4, -0.2) is 39.5 Å². The Morgan fingerprint density at radius 1 is 1.06 bits per heavy atom. The molecule has 1 aromatic carbocycles. The molecule has 176 valence electrons. The van der Waals surface area contributed by atoms with Gasteiger partial charge in [0.2, 0.25) is 0 Å². The maximum Gasteiger partial charge on any atom is 0.309 e. The van der Waals surface area contributed by atoms with Crippen molar-refractivity contribution < 1.29 is 23.7 Å². The highest BCUT2D eigenvalue weighted by atomic mass is 16.6. The number of benzene rings is 1. The van der Waals surface area contributed by atoms with Gasteiger partial charge in [-0.2, -0.15) is 0 Å². The highest BCUT2D eigenvalue weighted by Crippen LogP contribution is 2.36. The fraction of sp³-hybridized carbons (Fsp3) is 0.731. The van der Waals surface area contributed by atoms with Crippen LogP contribution in [0.4, 0.5) is 0 Å². The van der Waals surface area contributed by atoms with Crippen LogP contribution in [0.2, 0.25) is 0 Å². The molecule has 1 aliphatic rings. The molecule has 5 nitrogen and oxygen atoms in total. The molecule has 2 rings (SSSR count). The minimum absolute atomic E-state index is 0.0154. The Kier molecular flexibility index (Phi) is 10.1. The van der Waals surface area contributed by atoms with E-state index < -0.39 is 0 Å². The van der Waals surface area contributed by atoms with Crippen LogP contribution in [0.15, 0.2) is 18.2 Å². The zero-order valence-corrected chi connectivity index (χ0v) is 20.5. The van der Waals surface area contributed by atoms with Gasteiger partial charge in [0, 0.05) is 20.1 Å². The summed E-state index contributed by atoms with van der Waals surface area (Å²) in [6, 6.07) is 6.23. The lowest BCUT2D eigenvalue weighted by atomic mass is 9.79. The van der Waals surface area contributed by atoms with Gasteiger partial charge in [-0.1, -0.05) is 40.7 Å². The van der Waals surface area contributed by atoms with Crippen molar-refractivity contribution in [1.82, 2.24) is 0 Å². The van der Waals surface area contributed by atoms with Gasteiger partial charge in [-0.15, -0.1) is 0 Å². The first kappa shape index (κ1) is 25.5. The van der Waals surface area contributed by atoms with Gasteiger partial charge in [0.25, 0.3) is 0 Å². The Balaban J connectivity index is 2.03. The van der Waals surface area contributed by atoms with Gasteiger partial charge in [-0.05, 0) is 60.6 Å². The maximum absolute atomic E-state index is 12.2. The predicted molar refractivity (Wildman–Crippen MR) is 124 cm³/mol. The molecule has 1 aromatic rings. The molecule has 0 N–H and O–H groups in total. The SMILES string of the molecule is COCCCOc1cc(CC(CC(C)C2CC(C(C)C)C(=O)O2)C(C)C)ccc1OC. The van der Waals surface area contributed by atoms with Crippen LogP contribution in [0.1, 0.15) is 59.4 Å². The van der Waals surface area contributed by atoms with E-state index in [1.807, 2.05) is 6.07 Å². The summed E-state index contributed by atoms with van der Waals surface area (Å²) >= 11 is 0. The van der Waals surface area contributed by atoms with E-state index >= 15 is 0 Å². The van der Waals surface area contributed by atoms with E-state index in [4.69, 9.17) is 18.9 Å². The standard InChI is InChI=1S/C26H42O5/c1-17(2)21(13-19(5)24-16-22(18(3)4)26(27)31-24)14-20-9-10-23(29-7)25(15-20)30-12-8-11-28-6/h9-10,15,17-19,21-22,24H,8,11-14,16H2,1-7H3. The molecule has 4 unspecified atom stereocenters. The van der Waals surface area contributed by atoms with E-state index in [9.17, 15) is 4.79 Å². The first-order valence-electron chi connectivity index (χ1n) is 11.8. The summed E-state index contributed by atoms with van der Waals surface area (Å²) in [5, 5.41) is 0. The third-order valence-electron chi connectivity index (χ3n) is 6.59. The second-order valence-corrected chi connectivity index (χ2v) is 9.66. The molecule has 1 saturated heterocycles. The van der Waals surface area contributed by atoms with Crippen molar-refractivity contribution in [3.8, 4) is 11.5 Å². The number of hydrogen-bond acceptors (Lipinski definition) is 5. The molecular formula is C26H42O5. The van der Waals surface area contributed by atoms with Gasteiger partial charge in [0.15, 0.2) is 11.5 Å².